The summed E-state index contributed by atoms with van der Waals surface area (Å²) < 4.78 is 10.5. The van der Waals surface area contributed by atoms with Gasteiger partial charge in [-0.2, -0.15) is 0 Å². The molecule has 0 atom stereocenters. The van der Waals surface area contributed by atoms with Crippen LogP contribution in [0.25, 0.3) is 0 Å². The molecule has 2 heterocycles. The first-order valence-electron chi connectivity index (χ1n) is 7.51. The maximum atomic E-state index is 12.6. The Labute approximate surface area is 135 Å². The zero-order chi connectivity index (χ0) is 16.1. The van der Waals surface area contributed by atoms with Crippen LogP contribution in [0, 0.1) is 0 Å². The van der Waals surface area contributed by atoms with Gasteiger partial charge in [-0.25, -0.2) is 4.98 Å². The first-order chi connectivity index (χ1) is 11.3. The van der Waals surface area contributed by atoms with Crippen molar-refractivity contribution in [3.05, 3.63) is 48.2 Å². The van der Waals surface area contributed by atoms with E-state index < -0.39 is 0 Å². The third kappa shape index (κ3) is 3.43. The number of para-hydroxylation sites is 2. The van der Waals surface area contributed by atoms with Crippen molar-refractivity contribution >= 4 is 17.3 Å². The predicted molar refractivity (Wildman–Crippen MR) is 88.2 cm³/mol. The van der Waals surface area contributed by atoms with Gasteiger partial charge in [0, 0.05) is 19.3 Å². The van der Waals surface area contributed by atoms with Gasteiger partial charge in [-0.15, -0.1) is 0 Å². The molecule has 2 aromatic rings. The summed E-state index contributed by atoms with van der Waals surface area (Å²) in [7, 11) is 1.50. The van der Waals surface area contributed by atoms with E-state index in [0.29, 0.717) is 24.7 Å². The summed E-state index contributed by atoms with van der Waals surface area (Å²) in [6.45, 7) is 3.00. The molecule has 1 N–H and O–H groups in total. The number of anilines is 2. The summed E-state index contributed by atoms with van der Waals surface area (Å²) in [6.07, 6.45) is 1.59. The number of amides is 1. The highest BCUT2D eigenvalue weighted by Crippen LogP contribution is 2.27. The van der Waals surface area contributed by atoms with Gasteiger partial charge in [0.25, 0.3) is 5.91 Å². The minimum Gasteiger partial charge on any atom is -0.480 e. The monoisotopic (exact) mass is 313 g/mol. The van der Waals surface area contributed by atoms with Crippen molar-refractivity contribution in [2.45, 2.75) is 0 Å². The smallest absolute Gasteiger partial charge is 0.261 e. The van der Waals surface area contributed by atoms with Gasteiger partial charge in [-0.3, -0.25) is 4.79 Å². The molecule has 6 heteroatoms. The Kier molecular flexibility index (Phi) is 4.73. The number of hydrogen-bond donors (Lipinski definition) is 1. The van der Waals surface area contributed by atoms with Gasteiger partial charge in [0.2, 0.25) is 5.88 Å². The number of nitrogens with zero attached hydrogens (tertiary/aromatic N) is 2. The quantitative estimate of drug-likeness (QED) is 0.937. The summed E-state index contributed by atoms with van der Waals surface area (Å²) >= 11 is 0. The van der Waals surface area contributed by atoms with Crippen LogP contribution in [0.2, 0.25) is 0 Å². The lowest BCUT2D eigenvalue weighted by Gasteiger charge is -2.30. The van der Waals surface area contributed by atoms with Crippen molar-refractivity contribution in [3.8, 4) is 5.88 Å². The third-order valence-electron chi connectivity index (χ3n) is 3.71. The molecular weight excluding hydrogens is 294 g/mol. The molecule has 0 unspecified atom stereocenters. The van der Waals surface area contributed by atoms with Crippen LogP contribution in [0.4, 0.5) is 11.4 Å². The summed E-state index contributed by atoms with van der Waals surface area (Å²) in [5, 5.41) is 2.96. The van der Waals surface area contributed by atoms with E-state index in [1.54, 1.807) is 18.3 Å². The van der Waals surface area contributed by atoms with Crippen LogP contribution in [0.3, 0.4) is 0 Å². The highest BCUT2D eigenvalue weighted by atomic mass is 16.5. The molecule has 3 rings (SSSR count). The average Bonchev–Trinajstić information content (AvgIpc) is 2.63. The van der Waals surface area contributed by atoms with Gasteiger partial charge in [-0.05, 0) is 24.3 Å². The Morgan fingerprint density at radius 2 is 2.00 bits per heavy atom. The van der Waals surface area contributed by atoms with E-state index in [-0.39, 0.29) is 5.91 Å². The molecule has 1 aliphatic heterocycles. The summed E-state index contributed by atoms with van der Waals surface area (Å²) in [4.78, 5) is 18.8. The lowest BCUT2D eigenvalue weighted by molar-refractivity contribution is 0.102. The van der Waals surface area contributed by atoms with Crippen molar-refractivity contribution in [3.63, 3.8) is 0 Å². The molecule has 6 nitrogen and oxygen atoms in total. The van der Waals surface area contributed by atoms with Gasteiger partial charge >= 0.3 is 0 Å². The van der Waals surface area contributed by atoms with E-state index in [1.807, 2.05) is 24.3 Å². The largest absolute Gasteiger partial charge is 0.480 e. The second-order valence-electron chi connectivity index (χ2n) is 5.13. The zero-order valence-corrected chi connectivity index (χ0v) is 13.0. The van der Waals surface area contributed by atoms with Crippen molar-refractivity contribution in [2.75, 3.05) is 43.6 Å². The number of benzene rings is 1. The number of nitrogens with one attached hydrogen (secondary N) is 1. The van der Waals surface area contributed by atoms with Crippen molar-refractivity contribution in [2.24, 2.45) is 0 Å². The Hall–Kier alpha value is -2.60. The fourth-order valence-corrected chi connectivity index (χ4v) is 2.58. The summed E-state index contributed by atoms with van der Waals surface area (Å²) in [6, 6.07) is 11.2. The van der Waals surface area contributed by atoms with Crippen LogP contribution in [0.15, 0.2) is 42.6 Å². The molecule has 1 fully saturated rings. The lowest BCUT2D eigenvalue weighted by Crippen LogP contribution is -2.36. The van der Waals surface area contributed by atoms with E-state index in [9.17, 15) is 4.79 Å². The molecular formula is C17H19N3O3. The van der Waals surface area contributed by atoms with Gasteiger partial charge in [0.05, 0.1) is 31.7 Å². The van der Waals surface area contributed by atoms with Crippen LogP contribution >= 0.6 is 0 Å². The minimum absolute atomic E-state index is 0.240. The first-order valence-corrected chi connectivity index (χ1v) is 7.51. The number of carbonyl (C=O) groups is 1. The Morgan fingerprint density at radius 3 is 2.78 bits per heavy atom. The molecule has 0 spiro atoms. The van der Waals surface area contributed by atoms with E-state index in [2.05, 4.69) is 15.2 Å². The molecule has 0 radical (unpaired) electrons. The van der Waals surface area contributed by atoms with Crippen LogP contribution in [-0.4, -0.2) is 44.3 Å². The normalized spacial score (nSPS) is 14.4. The fourth-order valence-electron chi connectivity index (χ4n) is 2.58. The molecule has 1 saturated heterocycles. The van der Waals surface area contributed by atoms with Crippen molar-refractivity contribution in [1.82, 2.24) is 4.98 Å². The standard InChI is InChI=1S/C17H19N3O3/c1-22-17-13(5-4-8-18-17)16(21)19-14-6-2-3-7-15(14)20-9-11-23-12-10-20/h2-8H,9-12H2,1H3,(H,19,21). The van der Waals surface area contributed by atoms with Crippen molar-refractivity contribution < 1.29 is 14.3 Å². The second kappa shape index (κ2) is 7.11. The lowest BCUT2D eigenvalue weighted by atomic mass is 10.2. The van der Waals surface area contributed by atoms with Gasteiger partial charge < -0.3 is 19.7 Å². The molecule has 1 aliphatic rings. The topological polar surface area (TPSA) is 63.7 Å². The molecule has 0 bridgehead atoms. The zero-order valence-electron chi connectivity index (χ0n) is 13.0. The van der Waals surface area contributed by atoms with Gasteiger partial charge in [-0.1, -0.05) is 12.1 Å². The van der Waals surface area contributed by atoms with Crippen LogP contribution in [0.5, 0.6) is 5.88 Å². The Balaban J connectivity index is 1.84. The molecule has 1 amide bonds. The molecule has 0 saturated carbocycles. The van der Waals surface area contributed by atoms with E-state index in [1.165, 1.54) is 7.11 Å². The highest BCUT2D eigenvalue weighted by molar-refractivity contribution is 6.07. The van der Waals surface area contributed by atoms with Crippen LogP contribution in [-0.2, 0) is 4.74 Å². The number of pyridine rings is 1. The molecule has 1 aromatic heterocycles. The Morgan fingerprint density at radius 1 is 1.22 bits per heavy atom. The van der Waals surface area contributed by atoms with E-state index >= 15 is 0 Å². The predicted octanol–water partition coefficient (Wildman–Crippen LogP) is 2.18. The SMILES string of the molecule is COc1ncccc1C(=O)Nc1ccccc1N1CCOCC1. The molecule has 23 heavy (non-hydrogen) atoms. The number of rotatable bonds is 4. The van der Waals surface area contributed by atoms with Crippen LogP contribution < -0.4 is 15.0 Å². The third-order valence-corrected chi connectivity index (χ3v) is 3.71. The second-order valence-corrected chi connectivity index (χ2v) is 5.13. The van der Waals surface area contributed by atoms with Gasteiger partial charge in [0.1, 0.15) is 5.56 Å². The van der Waals surface area contributed by atoms with Gasteiger partial charge in [0.15, 0.2) is 0 Å². The highest BCUT2D eigenvalue weighted by Gasteiger charge is 2.18. The number of morpholine rings is 1. The molecule has 120 valence electrons. The molecule has 1 aromatic carbocycles. The summed E-state index contributed by atoms with van der Waals surface area (Å²) in [5.74, 6) is 0.0736. The minimum atomic E-state index is -0.240. The van der Waals surface area contributed by atoms with E-state index in [4.69, 9.17) is 9.47 Å². The van der Waals surface area contributed by atoms with E-state index in [0.717, 1.165) is 24.5 Å². The number of methoxy groups -OCH3 is 1. The Bertz CT molecular complexity index is 684. The summed E-state index contributed by atoms with van der Waals surface area (Å²) in [5.41, 5.74) is 2.17. The maximum Gasteiger partial charge on any atom is 0.261 e. The number of aromatic nitrogens is 1. The number of hydrogen-bond acceptors (Lipinski definition) is 5. The fraction of sp³-hybridized carbons (Fsp3) is 0.294. The number of ether oxygens (including phenoxy) is 2. The average molecular weight is 313 g/mol. The maximum absolute atomic E-state index is 12.6. The number of carbonyl (C=O) groups excluding carboxylic acids is 1. The molecule has 0 aliphatic carbocycles. The van der Waals surface area contributed by atoms with Crippen molar-refractivity contribution in [1.29, 1.82) is 0 Å². The van der Waals surface area contributed by atoms with Crippen LogP contribution in [0.1, 0.15) is 10.4 Å². The first kappa shape index (κ1) is 15.3.